The summed E-state index contributed by atoms with van der Waals surface area (Å²) in [5.41, 5.74) is 0. The molecule has 0 aromatic carbocycles. The van der Waals surface area contributed by atoms with E-state index >= 15 is 0 Å². The van der Waals surface area contributed by atoms with E-state index in [1.165, 1.54) is 12.8 Å². The van der Waals surface area contributed by atoms with Crippen molar-refractivity contribution in [3.8, 4) is 0 Å². The van der Waals surface area contributed by atoms with Gasteiger partial charge < -0.3 is 4.74 Å². The smallest absolute Gasteiger partial charge is 0.337 e. The highest BCUT2D eigenvalue weighted by atomic mass is 32.3. The van der Waals surface area contributed by atoms with Crippen LogP contribution in [-0.4, -0.2) is 35.2 Å². The maximum atomic E-state index is 13.1. The first-order valence-corrected chi connectivity index (χ1v) is 12.1. The van der Waals surface area contributed by atoms with Crippen LogP contribution in [0.3, 0.4) is 0 Å². The topological polar surface area (TPSA) is 97.7 Å². The van der Waals surface area contributed by atoms with E-state index in [-0.39, 0.29) is 29.5 Å². The lowest BCUT2D eigenvalue weighted by atomic mass is 9.70. The van der Waals surface area contributed by atoms with E-state index < -0.39 is 20.7 Å². The van der Waals surface area contributed by atoms with Gasteiger partial charge in [-0.1, -0.05) is 50.3 Å². The molecule has 2 aliphatic rings. The minimum Gasteiger partial charge on any atom is -0.464 e. The SMILES string of the molecule is CCOC(=O)C(SC(=O)C(C1CCCCC1)C1CCCCC1)S(=O)(=O)O. The number of hydrogen-bond acceptors (Lipinski definition) is 6. The highest BCUT2D eigenvalue weighted by molar-refractivity contribution is 8.22. The second-order valence-electron chi connectivity index (χ2n) is 7.36. The Morgan fingerprint density at radius 2 is 1.46 bits per heavy atom. The molecule has 0 radical (unpaired) electrons. The highest BCUT2D eigenvalue weighted by Crippen LogP contribution is 2.43. The van der Waals surface area contributed by atoms with Crippen LogP contribution in [0.25, 0.3) is 0 Å². The van der Waals surface area contributed by atoms with E-state index in [2.05, 4.69) is 0 Å². The first-order chi connectivity index (χ1) is 12.3. The number of carbonyl (C=O) groups excluding carboxylic acids is 2. The van der Waals surface area contributed by atoms with E-state index in [1.807, 2.05) is 0 Å². The van der Waals surface area contributed by atoms with Crippen LogP contribution >= 0.6 is 11.8 Å². The summed E-state index contributed by atoms with van der Waals surface area (Å²) in [5, 5.41) is -0.278. The Morgan fingerprint density at radius 1 is 1.00 bits per heavy atom. The van der Waals surface area contributed by atoms with Crippen molar-refractivity contribution >= 4 is 33.0 Å². The fourth-order valence-electron chi connectivity index (χ4n) is 4.38. The molecule has 1 N–H and O–H groups in total. The van der Waals surface area contributed by atoms with Crippen molar-refractivity contribution in [3.63, 3.8) is 0 Å². The summed E-state index contributed by atoms with van der Waals surface area (Å²) in [7, 11) is -4.71. The van der Waals surface area contributed by atoms with E-state index in [0.717, 1.165) is 51.4 Å². The van der Waals surface area contributed by atoms with Gasteiger partial charge in [-0.3, -0.25) is 9.35 Å². The third-order valence-electron chi connectivity index (χ3n) is 5.56. The monoisotopic (exact) mass is 406 g/mol. The summed E-state index contributed by atoms with van der Waals surface area (Å²) in [6.07, 6.45) is 10.6. The van der Waals surface area contributed by atoms with Crippen molar-refractivity contribution in [1.29, 1.82) is 0 Å². The molecule has 2 aliphatic carbocycles. The Morgan fingerprint density at radius 3 is 1.85 bits per heavy atom. The number of carbonyl (C=O) groups is 2. The Kier molecular flexibility index (Phi) is 8.41. The second-order valence-corrected chi connectivity index (χ2v) is 10.3. The van der Waals surface area contributed by atoms with Crippen molar-refractivity contribution in [1.82, 2.24) is 0 Å². The molecular weight excluding hydrogens is 376 g/mol. The molecule has 0 saturated heterocycles. The molecule has 0 bridgehead atoms. The lowest BCUT2D eigenvalue weighted by Crippen LogP contribution is -2.36. The Balaban J connectivity index is 2.18. The van der Waals surface area contributed by atoms with Gasteiger partial charge in [0.2, 0.25) is 4.58 Å². The number of esters is 1. The van der Waals surface area contributed by atoms with Gasteiger partial charge in [0.25, 0.3) is 10.1 Å². The number of hydrogen-bond donors (Lipinski definition) is 1. The number of rotatable bonds is 7. The van der Waals surface area contributed by atoms with Gasteiger partial charge in [0.05, 0.1) is 6.61 Å². The molecule has 26 heavy (non-hydrogen) atoms. The van der Waals surface area contributed by atoms with Crippen LogP contribution in [0.4, 0.5) is 0 Å². The van der Waals surface area contributed by atoms with Gasteiger partial charge in [-0.15, -0.1) is 0 Å². The van der Waals surface area contributed by atoms with Crippen LogP contribution in [0.2, 0.25) is 0 Å². The predicted octanol–water partition coefficient (Wildman–Crippen LogP) is 3.80. The zero-order chi connectivity index (χ0) is 19.2. The molecule has 0 aliphatic heterocycles. The van der Waals surface area contributed by atoms with Crippen LogP contribution in [0.1, 0.15) is 71.1 Å². The average molecular weight is 407 g/mol. The van der Waals surface area contributed by atoms with Gasteiger partial charge in [-0.2, -0.15) is 8.42 Å². The van der Waals surface area contributed by atoms with Gasteiger partial charge in [0.15, 0.2) is 5.12 Å². The number of ether oxygens (including phenoxy) is 1. The van der Waals surface area contributed by atoms with E-state index in [0.29, 0.717) is 11.8 Å². The van der Waals surface area contributed by atoms with Crippen molar-refractivity contribution in [2.24, 2.45) is 17.8 Å². The highest BCUT2D eigenvalue weighted by Gasteiger charge is 2.42. The quantitative estimate of drug-likeness (QED) is 0.507. The zero-order valence-corrected chi connectivity index (χ0v) is 17.0. The fraction of sp³-hybridized carbons (Fsp3) is 0.889. The second kappa shape index (κ2) is 10.1. The predicted molar refractivity (Wildman–Crippen MR) is 101 cm³/mol. The summed E-state index contributed by atoms with van der Waals surface area (Å²) < 4.78 is 35.6. The van der Waals surface area contributed by atoms with Crippen LogP contribution in [0.5, 0.6) is 0 Å². The Labute approximate surface area is 160 Å². The molecule has 150 valence electrons. The molecule has 2 saturated carbocycles. The molecule has 0 spiro atoms. The van der Waals surface area contributed by atoms with Crippen molar-refractivity contribution in [3.05, 3.63) is 0 Å². The Bertz CT molecular complexity index is 558. The maximum Gasteiger partial charge on any atom is 0.337 e. The van der Waals surface area contributed by atoms with Gasteiger partial charge in [-0.05, 0) is 44.4 Å². The molecule has 6 nitrogen and oxygen atoms in total. The summed E-state index contributed by atoms with van der Waals surface area (Å²) in [6.45, 7) is 1.55. The fourth-order valence-corrected chi connectivity index (χ4v) is 6.38. The van der Waals surface area contributed by atoms with Crippen LogP contribution in [0.15, 0.2) is 0 Å². The molecule has 0 aromatic heterocycles. The lowest BCUT2D eigenvalue weighted by molar-refractivity contribution is -0.141. The van der Waals surface area contributed by atoms with Crippen molar-refractivity contribution < 1.29 is 27.3 Å². The average Bonchev–Trinajstić information content (AvgIpc) is 2.61. The molecule has 1 atom stereocenters. The molecular formula is C18H30O6S2. The summed E-state index contributed by atoms with van der Waals surface area (Å²) in [6, 6.07) is 0. The van der Waals surface area contributed by atoms with Crippen LogP contribution in [0, 0.1) is 17.8 Å². The summed E-state index contributed by atoms with van der Waals surface area (Å²) in [4.78, 5) is 25.1. The van der Waals surface area contributed by atoms with Crippen LogP contribution < -0.4 is 0 Å². The lowest BCUT2D eigenvalue weighted by Gasteiger charge is -2.36. The minimum absolute atomic E-state index is 0.00567. The van der Waals surface area contributed by atoms with E-state index in [9.17, 15) is 22.6 Å². The van der Waals surface area contributed by atoms with Crippen molar-refractivity contribution in [2.45, 2.75) is 75.7 Å². The standard InChI is InChI=1S/C18H30O6S2/c1-2-24-16(19)18(26(21,22)23)25-17(20)15(13-9-5-3-6-10-13)14-11-7-4-8-12-14/h13-15,18H,2-12H2,1H3,(H,21,22,23). The molecule has 0 aromatic rings. The summed E-state index contributed by atoms with van der Waals surface area (Å²) >= 11 is 0.444. The molecule has 2 rings (SSSR count). The molecule has 1 unspecified atom stereocenters. The third kappa shape index (κ3) is 5.96. The van der Waals surface area contributed by atoms with Crippen molar-refractivity contribution in [2.75, 3.05) is 6.61 Å². The summed E-state index contributed by atoms with van der Waals surface area (Å²) in [5.74, 6) is -0.814. The van der Waals surface area contributed by atoms with Gasteiger partial charge in [0.1, 0.15) is 0 Å². The molecule has 0 heterocycles. The largest absolute Gasteiger partial charge is 0.464 e. The normalized spacial score (nSPS) is 21.5. The maximum absolute atomic E-state index is 13.1. The molecule has 2 fully saturated rings. The number of thioether (sulfide) groups is 1. The van der Waals surface area contributed by atoms with E-state index in [1.54, 1.807) is 6.92 Å². The molecule has 8 heteroatoms. The Hall–Kier alpha value is -0.600. The van der Waals surface area contributed by atoms with Gasteiger partial charge in [0, 0.05) is 5.92 Å². The minimum atomic E-state index is -4.71. The van der Waals surface area contributed by atoms with Gasteiger partial charge >= 0.3 is 5.97 Å². The van der Waals surface area contributed by atoms with E-state index in [4.69, 9.17) is 4.74 Å². The van der Waals surface area contributed by atoms with Gasteiger partial charge in [-0.25, -0.2) is 4.79 Å². The first-order valence-electron chi connectivity index (χ1n) is 9.68. The third-order valence-corrected chi connectivity index (χ3v) is 8.22. The zero-order valence-electron chi connectivity index (χ0n) is 15.4. The molecule has 0 amide bonds. The van der Waals surface area contributed by atoms with Crippen LogP contribution in [-0.2, 0) is 24.4 Å². The first kappa shape index (κ1) is 21.7.